The summed E-state index contributed by atoms with van der Waals surface area (Å²) in [5, 5.41) is 4.85. The molecule has 45 heavy (non-hydrogen) atoms. The van der Waals surface area contributed by atoms with Crippen molar-refractivity contribution in [2.24, 2.45) is 0 Å². The number of hydrogen-bond donors (Lipinski definition) is 2. The third kappa shape index (κ3) is 7.13. The Hall–Kier alpha value is -2.82. The van der Waals surface area contributed by atoms with Crippen LogP contribution in [-0.4, -0.2) is 70.7 Å². The molecule has 2 aliphatic heterocycles. The molecule has 0 unspecified atom stereocenters. The zero-order valence-corrected chi connectivity index (χ0v) is 28.5. The molecular formula is C35H38BrClN4O3S. The quantitative estimate of drug-likeness (QED) is 0.164. The molecule has 2 atom stereocenters. The maximum atomic E-state index is 14.6. The standard InChI is InChI=1S/C35H38BrClN4O3S/c1-2-24-6-11-28(12-7-24)45-35(34(43)38-14-3-15-40-16-18-44-19-17-40)21-32(42)41(23-25-4-8-26(36)9-5-25)33(35)30-22-39-31-20-27(37)10-13-29(30)31/h4-13,20,22,33,39H,2-3,14-19,21,23H2,1H3,(H,38,43)/t33-,35+/m1/s1. The van der Waals surface area contributed by atoms with Crippen molar-refractivity contribution >= 4 is 62.0 Å². The topological polar surface area (TPSA) is 77.7 Å². The van der Waals surface area contributed by atoms with E-state index in [2.05, 4.69) is 62.3 Å². The van der Waals surface area contributed by atoms with Crippen molar-refractivity contribution in [2.75, 3.05) is 39.4 Å². The van der Waals surface area contributed by atoms with Crippen LogP contribution in [-0.2, 0) is 27.3 Å². The molecule has 7 nitrogen and oxygen atoms in total. The predicted octanol–water partition coefficient (Wildman–Crippen LogP) is 6.99. The van der Waals surface area contributed by atoms with Gasteiger partial charge >= 0.3 is 0 Å². The Morgan fingerprint density at radius 3 is 2.56 bits per heavy atom. The van der Waals surface area contributed by atoms with Crippen LogP contribution in [0.4, 0.5) is 0 Å². The van der Waals surface area contributed by atoms with E-state index in [4.69, 9.17) is 16.3 Å². The second-order valence-corrected chi connectivity index (χ2v) is 14.5. The van der Waals surface area contributed by atoms with E-state index in [1.165, 1.54) is 17.3 Å². The highest BCUT2D eigenvalue weighted by molar-refractivity contribution is 9.10. The lowest BCUT2D eigenvalue weighted by atomic mass is 9.91. The highest BCUT2D eigenvalue weighted by Crippen LogP contribution is 2.54. The van der Waals surface area contributed by atoms with Gasteiger partial charge in [-0.1, -0.05) is 64.8 Å². The van der Waals surface area contributed by atoms with Crippen LogP contribution < -0.4 is 5.32 Å². The minimum atomic E-state index is -1.10. The number of nitrogens with zero attached hydrogens (tertiary/aromatic N) is 2. The molecule has 6 rings (SSSR count). The second kappa shape index (κ2) is 14.3. The largest absolute Gasteiger partial charge is 0.379 e. The predicted molar refractivity (Wildman–Crippen MR) is 185 cm³/mol. The minimum Gasteiger partial charge on any atom is -0.379 e. The third-order valence-electron chi connectivity index (χ3n) is 8.78. The number of aromatic nitrogens is 1. The van der Waals surface area contributed by atoms with Gasteiger partial charge in [0.15, 0.2) is 0 Å². The molecule has 2 aliphatic rings. The molecule has 2 fully saturated rings. The molecule has 3 heterocycles. The van der Waals surface area contributed by atoms with Gasteiger partial charge in [0.2, 0.25) is 11.8 Å². The van der Waals surface area contributed by atoms with Gasteiger partial charge in [0.1, 0.15) is 4.75 Å². The number of benzene rings is 3. The smallest absolute Gasteiger partial charge is 0.239 e. The summed E-state index contributed by atoms with van der Waals surface area (Å²) in [5.74, 6) is -0.165. The summed E-state index contributed by atoms with van der Waals surface area (Å²) in [6, 6.07) is 21.6. The fourth-order valence-corrected chi connectivity index (χ4v) is 8.23. The van der Waals surface area contributed by atoms with Gasteiger partial charge in [-0.3, -0.25) is 14.5 Å². The number of ether oxygens (including phenoxy) is 1. The number of rotatable bonds is 11. The number of amides is 2. The Kier molecular flexibility index (Phi) is 10.2. The fraction of sp³-hybridized carbons (Fsp3) is 0.371. The van der Waals surface area contributed by atoms with Crippen molar-refractivity contribution in [1.29, 1.82) is 0 Å². The molecule has 0 radical (unpaired) electrons. The van der Waals surface area contributed by atoms with Crippen LogP contribution in [0.5, 0.6) is 0 Å². The summed E-state index contributed by atoms with van der Waals surface area (Å²) in [6.45, 7) is 7.25. The first kappa shape index (κ1) is 32.1. The molecule has 10 heteroatoms. The summed E-state index contributed by atoms with van der Waals surface area (Å²) < 4.78 is 5.36. The Morgan fingerprint density at radius 1 is 1.09 bits per heavy atom. The molecule has 0 bridgehead atoms. The minimum absolute atomic E-state index is 0.0487. The molecular weight excluding hydrogens is 672 g/mol. The van der Waals surface area contributed by atoms with E-state index in [-0.39, 0.29) is 18.2 Å². The van der Waals surface area contributed by atoms with Crippen LogP contribution in [0.2, 0.25) is 5.02 Å². The van der Waals surface area contributed by atoms with E-state index in [0.29, 0.717) is 18.1 Å². The summed E-state index contributed by atoms with van der Waals surface area (Å²) >= 11 is 11.4. The number of morpholine rings is 1. The summed E-state index contributed by atoms with van der Waals surface area (Å²) in [4.78, 5) is 37.4. The summed E-state index contributed by atoms with van der Waals surface area (Å²) in [5.41, 5.74) is 4.01. The molecule has 2 saturated heterocycles. The Labute approximate surface area is 282 Å². The number of likely N-dealkylation sites (tertiary alicyclic amines) is 1. The molecule has 0 saturated carbocycles. The maximum absolute atomic E-state index is 14.6. The molecule has 2 amide bonds. The molecule has 2 N–H and O–H groups in total. The number of aromatic amines is 1. The van der Waals surface area contributed by atoms with Crippen molar-refractivity contribution in [1.82, 2.24) is 20.1 Å². The first-order valence-electron chi connectivity index (χ1n) is 15.5. The van der Waals surface area contributed by atoms with Crippen molar-refractivity contribution in [3.8, 4) is 0 Å². The normalized spacial score (nSPS) is 20.6. The van der Waals surface area contributed by atoms with Gasteiger partial charge < -0.3 is 19.9 Å². The number of thioether (sulfide) groups is 1. The van der Waals surface area contributed by atoms with Crippen LogP contribution in [0.15, 0.2) is 82.3 Å². The van der Waals surface area contributed by atoms with Crippen LogP contribution in [0.1, 0.15) is 42.5 Å². The Bertz CT molecular complexity index is 1640. The van der Waals surface area contributed by atoms with Crippen molar-refractivity contribution in [3.05, 3.63) is 99.1 Å². The SMILES string of the molecule is CCc1ccc(S[C@@]2(C(=O)NCCCN3CCOCC3)CC(=O)N(Cc3ccc(Br)cc3)[C@@H]2c2c[nH]c3cc(Cl)ccc23)cc1. The number of nitrogens with one attached hydrogen (secondary N) is 2. The van der Waals surface area contributed by atoms with Gasteiger partial charge in [-0.25, -0.2) is 0 Å². The van der Waals surface area contributed by atoms with Gasteiger partial charge in [-0.15, -0.1) is 11.8 Å². The van der Waals surface area contributed by atoms with Gasteiger partial charge in [0, 0.05) is 63.2 Å². The van der Waals surface area contributed by atoms with E-state index in [9.17, 15) is 9.59 Å². The third-order valence-corrected chi connectivity index (χ3v) is 11.0. The highest BCUT2D eigenvalue weighted by atomic mass is 79.9. The van der Waals surface area contributed by atoms with Crippen molar-refractivity contribution < 1.29 is 14.3 Å². The Balaban J connectivity index is 1.39. The first-order chi connectivity index (χ1) is 21.9. The molecule has 4 aromatic rings. The maximum Gasteiger partial charge on any atom is 0.239 e. The molecule has 0 aliphatic carbocycles. The Morgan fingerprint density at radius 2 is 1.82 bits per heavy atom. The number of carbonyl (C=O) groups excluding carboxylic acids is 2. The van der Waals surface area contributed by atoms with Gasteiger partial charge in [0.05, 0.1) is 25.7 Å². The monoisotopic (exact) mass is 708 g/mol. The molecule has 0 spiro atoms. The number of fused-ring (bicyclic) bond motifs is 1. The van der Waals surface area contributed by atoms with E-state index >= 15 is 0 Å². The van der Waals surface area contributed by atoms with Gasteiger partial charge in [0.25, 0.3) is 0 Å². The van der Waals surface area contributed by atoms with Crippen LogP contribution in [0, 0.1) is 0 Å². The fourth-order valence-electron chi connectivity index (χ4n) is 6.38. The van der Waals surface area contributed by atoms with E-state index in [1.807, 2.05) is 53.6 Å². The number of hydrogen-bond acceptors (Lipinski definition) is 5. The average molecular weight is 710 g/mol. The van der Waals surface area contributed by atoms with Crippen molar-refractivity contribution in [2.45, 2.75) is 48.4 Å². The van der Waals surface area contributed by atoms with E-state index in [0.717, 1.165) is 77.1 Å². The molecule has 3 aromatic carbocycles. The number of halogens is 2. The summed E-state index contributed by atoms with van der Waals surface area (Å²) in [6.07, 6.45) is 3.79. The first-order valence-corrected chi connectivity index (χ1v) is 17.5. The van der Waals surface area contributed by atoms with E-state index in [1.54, 1.807) is 0 Å². The molecule has 236 valence electrons. The number of carbonyl (C=O) groups is 2. The van der Waals surface area contributed by atoms with E-state index < -0.39 is 10.8 Å². The van der Waals surface area contributed by atoms with Gasteiger partial charge in [-0.2, -0.15) is 0 Å². The lowest BCUT2D eigenvalue weighted by Gasteiger charge is -2.36. The average Bonchev–Trinajstić information content (AvgIpc) is 3.58. The number of aryl methyl sites for hydroxylation is 1. The van der Waals surface area contributed by atoms with Crippen LogP contribution in [0.25, 0.3) is 10.9 Å². The van der Waals surface area contributed by atoms with Crippen LogP contribution >= 0.6 is 39.3 Å². The lowest BCUT2D eigenvalue weighted by molar-refractivity contribution is -0.129. The summed E-state index contributed by atoms with van der Waals surface area (Å²) in [7, 11) is 0. The second-order valence-electron chi connectivity index (χ2n) is 11.7. The van der Waals surface area contributed by atoms with Gasteiger partial charge in [-0.05, 0) is 66.9 Å². The molecule has 1 aromatic heterocycles. The lowest BCUT2D eigenvalue weighted by Crippen LogP contribution is -2.48. The zero-order valence-electron chi connectivity index (χ0n) is 25.4. The highest BCUT2D eigenvalue weighted by Gasteiger charge is 2.58. The zero-order chi connectivity index (χ0) is 31.4. The van der Waals surface area contributed by atoms with Crippen LogP contribution in [0.3, 0.4) is 0 Å². The van der Waals surface area contributed by atoms with Crippen molar-refractivity contribution in [3.63, 3.8) is 0 Å². The number of H-pyrrole nitrogens is 1.